The number of nitrogens with zero attached hydrogens (tertiary/aromatic N) is 2. The molecule has 0 aromatic carbocycles. The van der Waals surface area contributed by atoms with Crippen molar-refractivity contribution in [2.45, 2.75) is 71.1 Å². The molecule has 0 aliphatic heterocycles. The molecule has 20 heavy (non-hydrogen) atoms. The van der Waals surface area contributed by atoms with Crippen LogP contribution in [0.5, 0.6) is 0 Å². The van der Waals surface area contributed by atoms with Gasteiger partial charge >= 0.3 is 0 Å². The smallest absolute Gasteiger partial charge is 0.166 e. The highest BCUT2D eigenvalue weighted by molar-refractivity contribution is 5.97. The molecule has 0 N–H and O–H groups in total. The van der Waals surface area contributed by atoms with Gasteiger partial charge in [0.05, 0.1) is 11.3 Å². The molecule has 1 heterocycles. The van der Waals surface area contributed by atoms with Gasteiger partial charge in [-0.2, -0.15) is 0 Å². The predicted molar refractivity (Wildman–Crippen MR) is 78.9 cm³/mol. The second-order valence-electron chi connectivity index (χ2n) is 7.16. The first kappa shape index (κ1) is 13.7. The Morgan fingerprint density at radius 3 is 2.60 bits per heavy atom. The van der Waals surface area contributed by atoms with Gasteiger partial charge < -0.3 is 0 Å². The molecule has 108 valence electrons. The average molecular weight is 272 g/mol. The van der Waals surface area contributed by atoms with E-state index in [1.807, 2.05) is 0 Å². The van der Waals surface area contributed by atoms with Crippen LogP contribution < -0.4 is 0 Å². The van der Waals surface area contributed by atoms with Crippen LogP contribution in [0.2, 0.25) is 0 Å². The monoisotopic (exact) mass is 272 g/mol. The molecule has 2 aliphatic carbocycles. The van der Waals surface area contributed by atoms with Crippen molar-refractivity contribution >= 4 is 5.78 Å². The van der Waals surface area contributed by atoms with E-state index >= 15 is 0 Å². The minimum Gasteiger partial charge on any atom is -0.294 e. The topological polar surface area (TPSA) is 42.9 Å². The number of aryl methyl sites for hydroxylation is 1. The minimum atomic E-state index is 0.230. The van der Waals surface area contributed by atoms with Gasteiger partial charge in [0, 0.05) is 18.5 Å². The zero-order valence-corrected chi connectivity index (χ0v) is 12.6. The Morgan fingerprint density at radius 2 is 1.85 bits per heavy atom. The minimum absolute atomic E-state index is 0.230. The Labute approximate surface area is 121 Å². The fourth-order valence-corrected chi connectivity index (χ4v) is 3.42. The van der Waals surface area contributed by atoms with Crippen LogP contribution in [0.1, 0.15) is 86.6 Å². The van der Waals surface area contributed by atoms with E-state index in [1.54, 1.807) is 6.20 Å². The maximum atomic E-state index is 12.0. The van der Waals surface area contributed by atoms with Crippen molar-refractivity contribution in [3.05, 3.63) is 23.3 Å². The molecule has 0 unspecified atom stereocenters. The van der Waals surface area contributed by atoms with Gasteiger partial charge in [-0.05, 0) is 50.4 Å². The van der Waals surface area contributed by atoms with Crippen molar-refractivity contribution in [3.63, 3.8) is 0 Å². The highest BCUT2D eigenvalue weighted by Gasteiger charge is 2.29. The molecule has 2 aliphatic rings. The number of aromatic nitrogens is 2. The van der Waals surface area contributed by atoms with Crippen molar-refractivity contribution in [1.82, 2.24) is 9.97 Å². The van der Waals surface area contributed by atoms with Crippen LogP contribution in [0.15, 0.2) is 6.20 Å². The SMILES string of the molecule is CC1(C)CCC(c2ncc3c(n2)CCCCC3=O)CC1. The first-order valence-electron chi connectivity index (χ1n) is 7.94. The summed E-state index contributed by atoms with van der Waals surface area (Å²) < 4.78 is 0. The zero-order chi connectivity index (χ0) is 14.2. The van der Waals surface area contributed by atoms with Gasteiger partial charge in [-0.3, -0.25) is 4.79 Å². The number of carbonyl (C=O) groups excluding carboxylic acids is 1. The third kappa shape index (κ3) is 2.77. The second-order valence-corrected chi connectivity index (χ2v) is 7.16. The third-order valence-corrected chi connectivity index (χ3v) is 4.96. The number of fused-ring (bicyclic) bond motifs is 1. The quantitative estimate of drug-likeness (QED) is 0.724. The van der Waals surface area contributed by atoms with Gasteiger partial charge in [-0.25, -0.2) is 9.97 Å². The van der Waals surface area contributed by atoms with E-state index in [0.717, 1.165) is 36.3 Å². The Balaban J connectivity index is 1.82. The lowest BCUT2D eigenvalue weighted by Gasteiger charge is -2.33. The highest BCUT2D eigenvalue weighted by atomic mass is 16.1. The second kappa shape index (κ2) is 5.27. The molecule has 0 radical (unpaired) electrons. The molecule has 1 aromatic rings. The number of ketones is 1. The molecule has 0 saturated heterocycles. The zero-order valence-electron chi connectivity index (χ0n) is 12.6. The molecule has 3 heteroatoms. The van der Waals surface area contributed by atoms with E-state index in [0.29, 0.717) is 17.8 Å². The summed E-state index contributed by atoms with van der Waals surface area (Å²) in [5, 5.41) is 0. The molecule has 3 nitrogen and oxygen atoms in total. The average Bonchev–Trinajstić information content (AvgIpc) is 2.60. The Hall–Kier alpha value is -1.25. The van der Waals surface area contributed by atoms with Crippen LogP contribution in [-0.4, -0.2) is 15.8 Å². The van der Waals surface area contributed by atoms with E-state index in [2.05, 4.69) is 18.8 Å². The normalized spacial score (nSPS) is 23.2. The fourth-order valence-electron chi connectivity index (χ4n) is 3.42. The molecule has 1 fully saturated rings. The van der Waals surface area contributed by atoms with Crippen molar-refractivity contribution in [2.24, 2.45) is 5.41 Å². The maximum absolute atomic E-state index is 12.0. The number of Topliss-reactive ketones (excluding diaryl/α,β-unsaturated/α-hetero) is 1. The number of hydrogen-bond donors (Lipinski definition) is 0. The van der Waals surface area contributed by atoms with E-state index in [4.69, 9.17) is 4.98 Å². The van der Waals surface area contributed by atoms with Gasteiger partial charge in [-0.15, -0.1) is 0 Å². The molecule has 1 saturated carbocycles. The van der Waals surface area contributed by atoms with E-state index in [9.17, 15) is 4.79 Å². The first-order valence-corrected chi connectivity index (χ1v) is 7.94. The number of rotatable bonds is 1. The van der Waals surface area contributed by atoms with E-state index < -0.39 is 0 Å². The Bertz CT molecular complexity index is 512. The summed E-state index contributed by atoms with van der Waals surface area (Å²) in [7, 11) is 0. The van der Waals surface area contributed by atoms with Crippen LogP contribution in [0.3, 0.4) is 0 Å². The van der Waals surface area contributed by atoms with Crippen molar-refractivity contribution in [1.29, 1.82) is 0 Å². The van der Waals surface area contributed by atoms with E-state index in [-0.39, 0.29) is 5.78 Å². The van der Waals surface area contributed by atoms with Crippen molar-refractivity contribution < 1.29 is 4.79 Å². The van der Waals surface area contributed by atoms with Crippen molar-refractivity contribution in [2.75, 3.05) is 0 Å². The summed E-state index contributed by atoms with van der Waals surface area (Å²) in [6.45, 7) is 4.69. The summed E-state index contributed by atoms with van der Waals surface area (Å²) in [6, 6.07) is 0. The molecule has 0 spiro atoms. The van der Waals surface area contributed by atoms with Crippen LogP contribution in [0.25, 0.3) is 0 Å². The molecule has 0 bridgehead atoms. The van der Waals surface area contributed by atoms with Gasteiger partial charge in [-0.1, -0.05) is 13.8 Å². The highest BCUT2D eigenvalue weighted by Crippen LogP contribution is 2.41. The Morgan fingerprint density at radius 1 is 1.15 bits per heavy atom. The van der Waals surface area contributed by atoms with E-state index in [1.165, 1.54) is 25.7 Å². The van der Waals surface area contributed by atoms with Crippen LogP contribution in [0.4, 0.5) is 0 Å². The first-order chi connectivity index (χ1) is 9.55. The fraction of sp³-hybridized carbons (Fsp3) is 0.706. The molecule has 0 atom stereocenters. The summed E-state index contributed by atoms with van der Waals surface area (Å²) in [4.78, 5) is 21.3. The lowest BCUT2D eigenvalue weighted by atomic mass is 9.73. The van der Waals surface area contributed by atoms with Gasteiger partial charge in [0.25, 0.3) is 0 Å². The van der Waals surface area contributed by atoms with Gasteiger partial charge in [0.1, 0.15) is 5.82 Å². The molecule has 0 amide bonds. The standard InChI is InChI=1S/C17H24N2O/c1-17(2)9-7-12(8-10-17)16-18-11-13-14(19-16)5-3-4-6-15(13)20/h11-12H,3-10H2,1-2H3. The van der Waals surface area contributed by atoms with Gasteiger partial charge in [0.2, 0.25) is 0 Å². The maximum Gasteiger partial charge on any atom is 0.166 e. The summed E-state index contributed by atoms with van der Waals surface area (Å²) in [5.74, 6) is 1.70. The number of carbonyl (C=O) groups is 1. The van der Waals surface area contributed by atoms with Crippen molar-refractivity contribution in [3.8, 4) is 0 Å². The van der Waals surface area contributed by atoms with Crippen LogP contribution in [0, 0.1) is 5.41 Å². The van der Waals surface area contributed by atoms with Crippen LogP contribution in [-0.2, 0) is 6.42 Å². The molecular formula is C17H24N2O. The molecule has 1 aromatic heterocycles. The predicted octanol–water partition coefficient (Wildman–Crippen LogP) is 4.07. The third-order valence-electron chi connectivity index (χ3n) is 4.96. The lowest BCUT2D eigenvalue weighted by molar-refractivity contribution is 0.0981. The largest absolute Gasteiger partial charge is 0.294 e. The number of hydrogen-bond acceptors (Lipinski definition) is 3. The summed E-state index contributed by atoms with van der Waals surface area (Å²) in [6.07, 6.45) is 10.3. The lowest BCUT2D eigenvalue weighted by Crippen LogP contribution is -2.22. The molecular weight excluding hydrogens is 248 g/mol. The molecule has 3 rings (SSSR count). The van der Waals surface area contributed by atoms with Crippen LogP contribution >= 0.6 is 0 Å². The Kier molecular flexibility index (Phi) is 3.61. The summed E-state index contributed by atoms with van der Waals surface area (Å²) >= 11 is 0. The summed E-state index contributed by atoms with van der Waals surface area (Å²) in [5.41, 5.74) is 2.25. The van der Waals surface area contributed by atoms with Gasteiger partial charge in [0.15, 0.2) is 5.78 Å².